The largest absolute Gasteiger partial charge is 0.329 e. The first-order chi connectivity index (χ1) is 8.78. The zero-order valence-electron chi connectivity index (χ0n) is 10.9. The number of fused-ring (bicyclic) bond motifs is 1. The molecule has 3 nitrogen and oxygen atoms in total. The van der Waals surface area contributed by atoms with Gasteiger partial charge in [0.25, 0.3) is 0 Å². The van der Waals surface area contributed by atoms with Crippen LogP contribution in [0.25, 0.3) is 0 Å². The molecule has 0 bridgehead atoms. The summed E-state index contributed by atoms with van der Waals surface area (Å²) in [6.45, 7) is 3.61. The van der Waals surface area contributed by atoms with Crippen LogP contribution in [0.15, 0.2) is 18.2 Å². The number of nitrogens with zero attached hydrogens (tertiary/aromatic N) is 1. The molecule has 1 unspecified atom stereocenters. The summed E-state index contributed by atoms with van der Waals surface area (Å²) in [4.78, 5) is 13.6. The maximum Gasteiger partial charge on any atom is 0.318 e. The summed E-state index contributed by atoms with van der Waals surface area (Å²) in [5.74, 6) is 0. The lowest BCUT2D eigenvalue weighted by molar-refractivity contribution is 0.219. The van der Waals surface area contributed by atoms with E-state index in [1.165, 1.54) is 42.4 Å². The molecule has 0 radical (unpaired) electrons. The van der Waals surface area contributed by atoms with Crippen LogP contribution in [0.5, 0.6) is 0 Å². The highest BCUT2D eigenvalue weighted by Gasteiger charge is 2.28. The number of nitrogens with one attached hydrogen (secondary N) is 1. The van der Waals surface area contributed by atoms with E-state index in [9.17, 15) is 4.79 Å². The van der Waals surface area contributed by atoms with Crippen molar-refractivity contribution in [3.8, 4) is 0 Å². The van der Waals surface area contributed by atoms with E-state index in [4.69, 9.17) is 0 Å². The van der Waals surface area contributed by atoms with Crippen LogP contribution >= 0.6 is 0 Å². The number of hydrogen-bond acceptors (Lipinski definition) is 1. The first-order valence-electron chi connectivity index (χ1n) is 6.95. The highest BCUT2D eigenvalue weighted by Crippen LogP contribution is 2.26. The maximum absolute atomic E-state index is 11.7. The van der Waals surface area contributed by atoms with E-state index in [1.54, 1.807) is 0 Å². The molecule has 0 spiro atoms. The third kappa shape index (κ3) is 1.98. The third-order valence-electron chi connectivity index (χ3n) is 4.14. The van der Waals surface area contributed by atoms with Gasteiger partial charge in [0.15, 0.2) is 0 Å². The molecular weight excluding hydrogens is 224 g/mol. The molecule has 0 aromatic heterocycles. The van der Waals surface area contributed by atoms with Gasteiger partial charge >= 0.3 is 6.03 Å². The predicted octanol–water partition coefficient (Wildman–Crippen LogP) is 2.65. The molecule has 18 heavy (non-hydrogen) atoms. The van der Waals surface area contributed by atoms with Crippen molar-refractivity contribution in [1.29, 1.82) is 0 Å². The Morgan fingerprint density at radius 3 is 2.78 bits per heavy atom. The molecule has 1 aromatic carbocycles. The molecule has 1 atom stereocenters. The van der Waals surface area contributed by atoms with Gasteiger partial charge in [-0.3, -0.25) is 0 Å². The minimum Gasteiger partial charge on any atom is -0.329 e. The van der Waals surface area contributed by atoms with Crippen molar-refractivity contribution in [3.05, 3.63) is 34.9 Å². The van der Waals surface area contributed by atoms with Gasteiger partial charge in [-0.25, -0.2) is 4.79 Å². The standard InChI is InChI=1S/C15H20N2O/c1-2-17-10-14(16-15(17)18)13-8-7-11-5-3-4-6-12(11)9-13/h7-9,14H,2-6,10H2,1H3,(H,16,18). The van der Waals surface area contributed by atoms with Gasteiger partial charge in [-0.2, -0.15) is 0 Å². The summed E-state index contributed by atoms with van der Waals surface area (Å²) in [7, 11) is 0. The van der Waals surface area contributed by atoms with Crippen molar-refractivity contribution >= 4 is 6.03 Å². The highest BCUT2D eigenvalue weighted by molar-refractivity contribution is 5.77. The molecule has 1 fully saturated rings. The number of likely N-dealkylation sites (N-methyl/N-ethyl adjacent to an activating group) is 1. The highest BCUT2D eigenvalue weighted by atomic mass is 16.2. The topological polar surface area (TPSA) is 32.3 Å². The third-order valence-corrected chi connectivity index (χ3v) is 4.14. The number of benzene rings is 1. The van der Waals surface area contributed by atoms with Crippen LogP contribution in [0, 0.1) is 0 Å². The van der Waals surface area contributed by atoms with Gasteiger partial charge in [-0.1, -0.05) is 18.2 Å². The van der Waals surface area contributed by atoms with E-state index in [2.05, 4.69) is 23.5 Å². The maximum atomic E-state index is 11.7. The van der Waals surface area contributed by atoms with Crippen molar-refractivity contribution in [2.75, 3.05) is 13.1 Å². The Bertz CT molecular complexity index is 470. The molecule has 2 amide bonds. The van der Waals surface area contributed by atoms with E-state index < -0.39 is 0 Å². The second-order valence-electron chi connectivity index (χ2n) is 5.28. The Labute approximate surface area is 108 Å². The number of amides is 2. The molecule has 1 saturated heterocycles. The summed E-state index contributed by atoms with van der Waals surface area (Å²) >= 11 is 0. The minimum atomic E-state index is 0.0696. The summed E-state index contributed by atoms with van der Waals surface area (Å²) in [6, 6.07) is 6.99. The molecule has 0 saturated carbocycles. The van der Waals surface area contributed by atoms with Crippen LogP contribution in [0.4, 0.5) is 4.79 Å². The first-order valence-corrected chi connectivity index (χ1v) is 6.95. The molecular formula is C15H20N2O. The van der Waals surface area contributed by atoms with Gasteiger partial charge in [-0.15, -0.1) is 0 Å². The second-order valence-corrected chi connectivity index (χ2v) is 5.28. The molecule has 3 heteroatoms. The fourth-order valence-electron chi connectivity index (χ4n) is 3.02. The fourth-order valence-corrected chi connectivity index (χ4v) is 3.02. The molecule has 2 aliphatic rings. The average Bonchev–Trinajstić information content (AvgIpc) is 2.79. The Morgan fingerprint density at radius 1 is 1.28 bits per heavy atom. The van der Waals surface area contributed by atoms with E-state index in [-0.39, 0.29) is 12.1 Å². The van der Waals surface area contributed by atoms with Crippen LogP contribution in [0.2, 0.25) is 0 Å². The molecule has 96 valence electrons. The van der Waals surface area contributed by atoms with Gasteiger partial charge < -0.3 is 10.2 Å². The number of aryl methyl sites for hydroxylation is 2. The van der Waals surface area contributed by atoms with Crippen LogP contribution in [0.1, 0.15) is 42.5 Å². The Morgan fingerprint density at radius 2 is 2.06 bits per heavy atom. The lowest BCUT2D eigenvalue weighted by Gasteiger charge is -2.18. The Balaban J connectivity index is 1.83. The zero-order valence-corrected chi connectivity index (χ0v) is 10.9. The molecule has 1 aliphatic carbocycles. The van der Waals surface area contributed by atoms with E-state index in [0.29, 0.717) is 0 Å². The molecule has 1 heterocycles. The number of carbonyl (C=O) groups is 1. The summed E-state index contributed by atoms with van der Waals surface area (Å²) in [5.41, 5.74) is 4.25. The molecule has 1 N–H and O–H groups in total. The monoisotopic (exact) mass is 244 g/mol. The van der Waals surface area contributed by atoms with Crippen LogP contribution in [-0.4, -0.2) is 24.0 Å². The van der Waals surface area contributed by atoms with E-state index >= 15 is 0 Å². The van der Waals surface area contributed by atoms with Gasteiger partial charge in [0.05, 0.1) is 6.04 Å². The molecule has 1 aromatic rings. The van der Waals surface area contributed by atoms with Crippen molar-refractivity contribution in [2.45, 2.75) is 38.6 Å². The summed E-state index contributed by atoms with van der Waals surface area (Å²) in [5, 5.41) is 3.06. The lowest BCUT2D eigenvalue weighted by atomic mass is 9.89. The van der Waals surface area contributed by atoms with Crippen LogP contribution in [0.3, 0.4) is 0 Å². The van der Waals surface area contributed by atoms with Crippen molar-refractivity contribution in [1.82, 2.24) is 10.2 Å². The number of rotatable bonds is 2. The van der Waals surface area contributed by atoms with Crippen LogP contribution < -0.4 is 5.32 Å². The molecule has 3 rings (SSSR count). The van der Waals surface area contributed by atoms with E-state index in [1.807, 2.05) is 11.8 Å². The first kappa shape index (κ1) is 11.6. The smallest absolute Gasteiger partial charge is 0.318 e. The van der Waals surface area contributed by atoms with Crippen molar-refractivity contribution < 1.29 is 4.79 Å². The number of hydrogen-bond donors (Lipinski definition) is 1. The molecule has 1 aliphatic heterocycles. The zero-order chi connectivity index (χ0) is 12.5. The van der Waals surface area contributed by atoms with Crippen molar-refractivity contribution in [3.63, 3.8) is 0 Å². The SMILES string of the molecule is CCN1CC(c2ccc3c(c2)CCCC3)NC1=O. The summed E-state index contributed by atoms with van der Waals surface area (Å²) in [6.07, 6.45) is 5.03. The van der Waals surface area contributed by atoms with Gasteiger partial charge in [0.1, 0.15) is 0 Å². The van der Waals surface area contributed by atoms with Crippen LogP contribution in [-0.2, 0) is 12.8 Å². The van der Waals surface area contributed by atoms with Gasteiger partial charge in [-0.05, 0) is 49.3 Å². The summed E-state index contributed by atoms with van der Waals surface area (Å²) < 4.78 is 0. The average molecular weight is 244 g/mol. The normalized spacial score (nSPS) is 22.8. The Kier molecular flexibility index (Phi) is 2.98. The number of carbonyl (C=O) groups excluding carboxylic acids is 1. The second kappa shape index (κ2) is 4.63. The predicted molar refractivity (Wildman–Crippen MR) is 71.6 cm³/mol. The Hall–Kier alpha value is -1.51. The lowest BCUT2D eigenvalue weighted by Crippen LogP contribution is -2.27. The van der Waals surface area contributed by atoms with Gasteiger partial charge in [0.2, 0.25) is 0 Å². The quantitative estimate of drug-likeness (QED) is 0.852. The van der Waals surface area contributed by atoms with Crippen molar-refractivity contribution in [2.24, 2.45) is 0 Å². The van der Waals surface area contributed by atoms with E-state index in [0.717, 1.165) is 13.1 Å². The fraction of sp³-hybridized carbons (Fsp3) is 0.533. The minimum absolute atomic E-state index is 0.0696. The van der Waals surface area contributed by atoms with Gasteiger partial charge in [0, 0.05) is 13.1 Å². The number of urea groups is 1.